The van der Waals surface area contributed by atoms with Gasteiger partial charge < -0.3 is 16.0 Å². The van der Waals surface area contributed by atoms with E-state index in [1.807, 2.05) is 36.2 Å². The van der Waals surface area contributed by atoms with Gasteiger partial charge in [0.25, 0.3) is 5.91 Å². The molecule has 1 saturated heterocycles. The third-order valence-electron chi connectivity index (χ3n) is 3.55. The second-order valence-corrected chi connectivity index (χ2v) is 4.78. The van der Waals surface area contributed by atoms with Crippen LogP contribution in [0.5, 0.6) is 0 Å². The molecule has 0 spiro atoms. The smallest absolute Gasteiger partial charge is 0.253 e. The van der Waals surface area contributed by atoms with Crippen molar-refractivity contribution >= 4 is 5.91 Å². The van der Waals surface area contributed by atoms with E-state index >= 15 is 0 Å². The van der Waals surface area contributed by atoms with E-state index in [0.29, 0.717) is 12.6 Å². The molecular weight excluding hydrogens is 226 g/mol. The molecule has 1 aromatic carbocycles. The molecule has 1 aromatic rings. The molecule has 0 radical (unpaired) electrons. The number of hydrogen-bond donors (Lipinski definition) is 2. The van der Waals surface area contributed by atoms with E-state index in [0.717, 1.165) is 37.1 Å². The highest BCUT2D eigenvalue weighted by Gasteiger charge is 2.23. The van der Waals surface area contributed by atoms with Gasteiger partial charge in [0.15, 0.2) is 0 Å². The van der Waals surface area contributed by atoms with Crippen LogP contribution in [0.3, 0.4) is 0 Å². The Morgan fingerprint density at radius 3 is 2.78 bits per heavy atom. The van der Waals surface area contributed by atoms with Gasteiger partial charge in [0.2, 0.25) is 0 Å². The number of likely N-dealkylation sites (tertiary alicyclic amines) is 1. The number of hydrogen-bond acceptors (Lipinski definition) is 3. The highest BCUT2D eigenvalue weighted by atomic mass is 16.2. The molecule has 2 rings (SSSR count). The zero-order valence-electron chi connectivity index (χ0n) is 10.9. The van der Waals surface area contributed by atoms with Crippen LogP contribution in [0, 0.1) is 0 Å². The number of amides is 1. The summed E-state index contributed by atoms with van der Waals surface area (Å²) in [4.78, 5) is 14.3. The van der Waals surface area contributed by atoms with Crippen LogP contribution in [0.25, 0.3) is 0 Å². The van der Waals surface area contributed by atoms with Crippen LogP contribution in [0.4, 0.5) is 0 Å². The summed E-state index contributed by atoms with van der Waals surface area (Å²) in [5.41, 5.74) is 7.36. The molecule has 0 saturated carbocycles. The number of nitrogens with two attached hydrogens (primary N) is 1. The second kappa shape index (κ2) is 5.98. The SMILES string of the molecule is CNC1CCCN(C(=O)c2ccc(CN)cc2)C1. The van der Waals surface area contributed by atoms with E-state index in [1.165, 1.54) is 0 Å². The molecule has 4 heteroatoms. The number of rotatable bonds is 3. The first-order valence-electron chi connectivity index (χ1n) is 6.50. The van der Waals surface area contributed by atoms with Crippen LogP contribution in [0.1, 0.15) is 28.8 Å². The summed E-state index contributed by atoms with van der Waals surface area (Å²) in [6.45, 7) is 2.17. The molecule has 1 aliphatic rings. The minimum Gasteiger partial charge on any atom is -0.337 e. The molecule has 1 amide bonds. The predicted molar refractivity (Wildman–Crippen MR) is 72.3 cm³/mol. The first-order chi connectivity index (χ1) is 8.74. The first-order valence-corrected chi connectivity index (χ1v) is 6.50. The third kappa shape index (κ3) is 2.89. The summed E-state index contributed by atoms with van der Waals surface area (Å²) < 4.78 is 0. The number of carbonyl (C=O) groups excluding carboxylic acids is 1. The quantitative estimate of drug-likeness (QED) is 0.836. The van der Waals surface area contributed by atoms with E-state index in [4.69, 9.17) is 5.73 Å². The maximum Gasteiger partial charge on any atom is 0.253 e. The van der Waals surface area contributed by atoms with Gasteiger partial charge in [0, 0.05) is 31.2 Å². The summed E-state index contributed by atoms with van der Waals surface area (Å²) >= 11 is 0. The first kappa shape index (κ1) is 13.1. The summed E-state index contributed by atoms with van der Waals surface area (Å²) in [5.74, 6) is 0.124. The van der Waals surface area contributed by atoms with Crippen molar-refractivity contribution in [3.8, 4) is 0 Å². The molecule has 1 heterocycles. The Bertz CT molecular complexity index is 402. The van der Waals surface area contributed by atoms with Crippen molar-refractivity contribution in [2.45, 2.75) is 25.4 Å². The average molecular weight is 247 g/mol. The largest absolute Gasteiger partial charge is 0.337 e. The molecule has 4 nitrogen and oxygen atoms in total. The number of nitrogens with one attached hydrogen (secondary N) is 1. The Labute approximate surface area is 108 Å². The lowest BCUT2D eigenvalue weighted by Gasteiger charge is -2.32. The maximum atomic E-state index is 12.3. The monoisotopic (exact) mass is 247 g/mol. The number of benzene rings is 1. The fourth-order valence-electron chi connectivity index (χ4n) is 2.36. The molecule has 18 heavy (non-hydrogen) atoms. The van der Waals surface area contributed by atoms with E-state index < -0.39 is 0 Å². The van der Waals surface area contributed by atoms with Crippen LogP contribution in [-0.4, -0.2) is 37.0 Å². The normalized spacial score (nSPS) is 19.9. The standard InChI is InChI=1S/C14H21N3O/c1-16-13-3-2-8-17(10-13)14(18)12-6-4-11(9-15)5-7-12/h4-7,13,16H,2-3,8-10,15H2,1H3. The maximum absolute atomic E-state index is 12.3. The summed E-state index contributed by atoms with van der Waals surface area (Å²) in [5, 5.41) is 3.25. The van der Waals surface area contributed by atoms with Crippen molar-refractivity contribution in [3.63, 3.8) is 0 Å². The molecule has 1 fully saturated rings. The Balaban J connectivity index is 2.05. The number of carbonyl (C=O) groups is 1. The number of likely N-dealkylation sites (N-methyl/N-ethyl adjacent to an activating group) is 1. The van der Waals surface area contributed by atoms with Crippen molar-refractivity contribution < 1.29 is 4.79 Å². The Morgan fingerprint density at radius 1 is 1.44 bits per heavy atom. The van der Waals surface area contributed by atoms with E-state index in [-0.39, 0.29) is 5.91 Å². The molecule has 3 N–H and O–H groups in total. The molecule has 1 unspecified atom stereocenters. The topological polar surface area (TPSA) is 58.4 Å². The van der Waals surface area contributed by atoms with Crippen molar-refractivity contribution in [2.24, 2.45) is 5.73 Å². The van der Waals surface area contributed by atoms with Gasteiger partial charge in [-0.3, -0.25) is 4.79 Å². The minimum atomic E-state index is 0.124. The fourth-order valence-corrected chi connectivity index (χ4v) is 2.36. The average Bonchev–Trinajstić information content (AvgIpc) is 2.46. The summed E-state index contributed by atoms with van der Waals surface area (Å²) in [6.07, 6.45) is 2.21. The lowest BCUT2D eigenvalue weighted by Crippen LogP contribution is -2.46. The lowest BCUT2D eigenvalue weighted by atomic mass is 10.0. The lowest BCUT2D eigenvalue weighted by molar-refractivity contribution is 0.0698. The fraction of sp³-hybridized carbons (Fsp3) is 0.500. The van der Waals surface area contributed by atoms with Gasteiger partial charge in [-0.2, -0.15) is 0 Å². The van der Waals surface area contributed by atoms with Crippen LogP contribution < -0.4 is 11.1 Å². The number of piperidine rings is 1. The van der Waals surface area contributed by atoms with Crippen LogP contribution >= 0.6 is 0 Å². The summed E-state index contributed by atoms with van der Waals surface area (Å²) in [7, 11) is 1.95. The van der Waals surface area contributed by atoms with E-state index in [1.54, 1.807) is 0 Å². The van der Waals surface area contributed by atoms with Crippen molar-refractivity contribution in [3.05, 3.63) is 35.4 Å². The van der Waals surface area contributed by atoms with Gasteiger partial charge in [0.1, 0.15) is 0 Å². The van der Waals surface area contributed by atoms with E-state index in [9.17, 15) is 4.79 Å². The van der Waals surface area contributed by atoms with Crippen LogP contribution in [0.15, 0.2) is 24.3 Å². The molecule has 0 bridgehead atoms. The third-order valence-corrected chi connectivity index (χ3v) is 3.55. The molecule has 1 atom stereocenters. The van der Waals surface area contributed by atoms with Crippen LogP contribution in [-0.2, 0) is 6.54 Å². The Hall–Kier alpha value is -1.39. The Morgan fingerprint density at radius 2 is 2.17 bits per heavy atom. The Kier molecular flexibility index (Phi) is 4.33. The van der Waals surface area contributed by atoms with Crippen LogP contribution in [0.2, 0.25) is 0 Å². The molecule has 0 aromatic heterocycles. The zero-order valence-corrected chi connectivity index (χ0v) is 10.9. The van der Waals surface area contributed by atoms with Gasteiger partial charge in [-0.05, 0) is 37.6 Å². The molecule has 0 aliphatic carbocycles. The van der Waals surface area contributed by atoms with Gasteiger partial charge >= 0.3 is 0 Å². The van der Waals surface area contributed by atoms with Gasteiger partial charge in [-0.25, -0.2) is 0 Å². The minimum absolute atomic E-state index is 0.124. The molecule has 98 valence electrons. The van der Waals surface area contributed by atoms with Crippen molar-refractivity contribution in [1.82, 2.24) is 10.2 Å². The zero-order chi connectivity index (χ0) is 13.0. The van der Waals surface area contributed by atoms with Crippen molar-refractivity contribution in [2.75, 3.05) is 20.1 Å². The highest BCUT2D eigenvalue weighted by Crippen LogP contribution is 2.14. The van der Waals surface area contributed by atoms with Gasteiger partial charge in [-0.15, -0.1) is 0 Å². The van der Waals surface area contributed by atoms with E-state index in [2.05, 4.69) is 5.32 Å². The number of nitrogens with zero attached hydrogens (tertiary/aromatic N) is 1. The van der Waals surface area contributed by atoms with Gasteiger partial charge in [0.05, 0.1) is 0 Å². The van der Waals surface area contributed by atoms with Crippen molar-refractivity contribution in [1.29, 1.82) is 0 Å². The highest BCUT2D eigenvalue weighted by molar-refractivity contribution is 5.94. The predicted octanol–water partition coefficient (Wildman–Crippen LogP) is 0.969. The van der Waals surface area contributed by atoms with Gasteiger partial charge in [-0.1, -0.05) is 12.1 Å². The second-order valence-electron chi connectivity index (χ2n) is 4.78. The molecular formula is C14H21N3O. The molecule has 1 aliphatic heterocycles. The summed E-state index contributed by atoms with van der Waals surface area (Å²) in [6, 6.07) is 8.01.